The van der Waals surface area contributed by atoms with Gasteiger partial charge < -0.3 is 5.32 Å². The lowest BCUT2D eigenvalue weighted by molar-refractivity contribution is 0.611. The van der Waals surface area contributed by atoms with E-state index in [9.17, 15) is 0 Å². The van der Waals surface area contributed by atoms with Gasteiger partial charge in [-0.05, 0) is 48.6 Å². The Morgan fingerprint density at radius 1 is 1.00 bits per heavy atom. The third kappa shape index (κ3) is 2.88. The van der Waals surface area contributed by atoms with Crippen LogP contribution in [0.1, 0.15) is 17.5 Å². The second kappa shape index (κ2) is 5.44. The Bertz CT molecular complexity index is 595. The molecule has 2 aromatic carbocycles. The molecule has 19 heavy (non-hydrogen) atoms. The molecule has 1 aliphatic rings. The van der Waals surface area contributed by atoms with Gasteiger partial charge in [0.25, 0.3) is 0 Å². The molecule has 0 aromatic heterocycles. The monoisotopic (exact) mass is 291 g/mol. The van der Waals surface area contributed by atoms with Crippen LogP contribution in [0.2, 0.25) is 10.0 Å². The molecule has 0 aliphatic heterocycles. The SMILES string of the molecule is Clc1ccc(NC2CCc3ccccc3C2)c(Cl)c1. The van der Waals surface area contributed by atoms with Gasteiger partial charge in [-0.1, -0.05) is 47.5 Å². The molecule has 3 heteroatoms. The van der Waals surface area contributed by atoms with Crippen LogP contribution in [0.4, 0.5) is 5.69 Å². The Balaban J connectivity index is 1.75. The molecule has 0 spiro atoms. The Kier molecular flexibility index (Phi) is 3.67. The van der Waals surface area contributed by atoms with Gasteiger partial charge in [-0.15, -0.1) is 0 Å². The lowest BCUT2D eigenvalue weighted by Gasteiger charge is -2.26. The van der Waals surface area contributed by atoms with Crippen LogP contribution in [0.3, 0.4) is 0 Å². The number of nitrogens with one attached hydrogen (secondary N) is 1. The van der Waals surface area contributed by atoms with Gasteiger partial charge in [0.1, 0.15) is 0 Å². The number of hydrogen-bond donors (Lipinski definition) is 1. The van der Waals surface area contributed by atoms with Crippen LogP contribution < -0.4 is 5.32 Å². The topological polar surface area (TPSA) is 12.0 Å². The molecule has 0 radical (unpaired) electrons. The lowest BCUT2D eigenvalue weighted by Crippen LogP contribution is -2.27. The van der Waals surface area contributed by atoms with Crippen molar-refractivity contribution in [2.75, 3.05) is 5.32 Å². The Morgan fingerprint density at radius 2 is 1.79 bits per heavy atom. The molecule has 0 saturated carbocycles. The highest BCUT2D eigenvalue weighted by atomic mass is 35.5. The molecule has 1 atom stereocenters. The molecular weight excluding hydrogens is 277 g/mol. The first-order valence-corrected chi connectivity index (χ1v) is 7.26. The van der Waals surface area contributed by atoms with E-state index in [1.165, 1.54) is 11.1 Å². The predicted molar refractivity (Wildman–Crippen MR) is 82.3 cm³/mol. The molecule has 98 valence electrons. The zero-order valence-corrected chi connectivity index (χ0v) is 12.0. The Morgan fingerprint density at radius 3 is 2.58 bits per heavy atom. The van der Waals surface area contributed by atoms with Crippen molar-refractivity contribution in [1.82, 2.24) is 0 Å². The first kappa shape index (κ1) is 12.8. The number of aryl methyl sites for hydroxylation is 1. The number of halogens is 2. The summed E-state index contributed by atoms with van der Waals surface area (Å²) in [6.45, 7) is 0. The summed E-state index contributed by atoms with van der Waals surface area (Å²) < 4.78 is 0. The van der Waals surface area contributed by atoms with E-state index in [2.05, 4.69) is 29.6 Å². The summed E-state index contributed by atoms with van der Waals surface area (Å²) in [6.07, 6.45) is 3.31. The summed E-state index contributed by atoms with van der Waals surface area (Å²) in [6, 6.07) is 14.7. The molecule has 1 unspecified atom stereocenters. The maximum atomic E-state index is 6.20. The van der Waals surface area contributed by atoms with Crippen molar-refractivity contribution in [3.8, 4) is 0 Å². The van der Waals surface area contributed by atoms with Crippen molar-refractivity contribution >= 4 is 28.9 Å². The maximum Gasteiger partial charge on any atom is 0.0652 e. The zero-order valence-electron chi connectivity index (χ0n) is 10.5. The van der Waals surface area contributed by atoms with Crippen molar-refractivity contribution in [3.05, 3.63) is 63.6 Å². The molecule has 3 rings (SSSR count). The highest BCUT2D eigenvalue weighted by molar-refractivity contribution is 6.36. The van der Waals surface area contributed by atoms with Crippen molar-refractivity contribution in [1.29, 1.82) is 0 Å². The average molecular weight is 292 g/mol. The minimum atomic E-state index is 0.438. The van der Waals surface area contributed by atoms with Gasteiger partial charge in [0.2, 0.25) is 0 Å². The summed E-state index contributed by atoms with van der Waals surface area (Å²) in [5, 5.41) is 4.88. The smallest absolute Gasteiger partial charge is 0.0652 e. The van der Waals surface area contributed by atoms with Crippen LogP contribution in [0, 0.1) is 0 Å². The minimum absolute atomic E-state index is 0.438. The van der Waals surface area contributed by atoms with E-state index in [4.69, 9.17) is 23.2 Å². The van der Waals surface area contributed by atoms with E-state index >= 15 is 0 Å². The molecule has 0 heterocycles. The van der Waals surface area contributed by atoms with Crippen molar-refractivity contribution < 1.29 is 0 Å². The van der Waals surface area contributed by atoms with Gasteiger partial charge in [-0.2, -0.15) is 0 Å². The molecule has 0 amide bonds. The summed E-state index contributed by atoms with van der Waals surface area (Å²) in [4.78, 5) is 0. The third-order valence-electron chi connectivity index (χ3n) is 3.64. The van der Waals surface area contributed by atoms with E-state index in [0.29, 0.717) is 16.1 Å². The fraction of sp³-hybridized carbons (Fsp3) is 0.250. The van der Waals surface area contributed by atoms with Crippen molar-refractivity contribution in [2.45, 2.75) is 25.3 Å². The first-order valence-electron chi connectivity index (χ1n) is 6.51. The number of rotatable bonds is 2. The van der Waals surface area contributed by atoms with E-state index < -0.39 is 0 Å². The van der Waals surface area contributed by atoms with Gasteiger partial charge in [0.05, 0.1) is 10.7 Å². The summed E-state index contributed by atoms with van der Waals surface area (Å²) in [5.41, 5.74) is 3.88. The molecule has 1 N–H and O–H groups in total. The molecule has 1 aliphatic carbocycles. The summed E-state index contributed by atoms with van der Waals surface area (Å²) >= 11 is 12.1. The van der Waals surface area contributed by atoms with Gasteiger partial charge in [-0.3, -0.25) is 0 Å². The standard InChI is InChI=1S/C16H15Cl2N/c17-13-6-8-16(15(18)10-13)19-14-7-5-11-3-1-2-4-12(11)9-14/h1-4,6,8,10,14,19H,5,7,9H2. The Labute approximate surface area is 123 Å². The quantitative estimate of drug-likeness (QED) is 0.824. The van der Waals surface area contributed by atoms with Gasteiger partial charge in [-0.25, -0.2) is 0 Å². The molecule has 0 bridgehead atoms. The van der Waals surface area contributed by atoms with Gasteiger partial charge in [0, 0.05) is 11.1 Å². The number of anilines is 1. The largest absolute Gasteiger partial charge is 0.381 e. The molecule has 0 saturated heterocycles. The fourth-order valence-electron chi connectivity index (χ4n) is 2.65. The third-order valence-corrected chi connectivity index (χ3v) is 4.19. The van der Waals surface area contributed by atoms with Crippen LogP contribution in [0.5, 0.6) is 0 Å². The normalized spacial score (nSPS) is 17.9. The number of benzene rings is 2. The van der Waals surface area contributed by atoms with Crippen LogP contribution in [-0.2, 0) is 12.8 Å². The number of hydrogen-bond acceptors (Lipinski definition) is 1. The molecular formula is C16H15Cl2N. The summed E-state index contributed by atoms with van der Waals surface area (Å²) in [7, 11) is 0. The lowest BCUT2D eigenvalue weighted by atomic mass is 9.88. The minimum Gasteiger partial charge on any atom is -0.381 e. The average Bonchev–Trinajstić information content (AvgIpc) is 2.42. The first-order chi connectivity index (χ1) is 9.22. The maximum absolute atomic E-state index is 6.20. The van der Waals surface area contributed by atoms with Gasteiger partial charge >= 0.3 is 0 Å². The number of fused-ring (bicyclic) bond motifs is 1. The molecule has 1 nitrogen and oxygen atoms in total. The Hall–Kier alpha value is -1.18. The van der Waals surface area contributed by atoms with E-state index in [-0.39, 0.29) is 0 Å². The van der Waals surface area contributed by atoms with Crippen LogP contribution >= 0.6 is 23.2 Å². The van der Waals surface area contributed by atoms with Crippen LogP contribution in [0.25, 0.3) is 0 Å². The van der Waals surface area contributed by atoms with E-state index in [1.807, 2.05) is 12.1 Å². The van der Waals surface area contributed by atoms with Crippen molar-refractivity contribution in [2.24, 2.45) is 0 Å². The van der Waals surface area contributed by atoms with Crippen LogP contribution in [-0.4, -0.2) is 6.04 Å². The highest BCUT2D eigenvalue weighted by Gasteiger charge is 2.18. The second-order valence-electron chi connectivity index (χ2n) is 4.98. The second-order valence-corrected chi connectivity index (χ2v) is 5.82. The predicted octanol–water partition coefficient (Wildman–Crippen LogP) is 4.96. The summed E-state index contributed by atoms with van der Waals surface area (Å²) in [5.74, 6) is 0. The molecule has 2 aromatic rings. The van der Waals surface area contributed by atoms with Gasteiger partial charge in [0.15, 0.2) is 0 Å². The zero-order chi connectivity index (χ0) is 13.2. The molecule has 0 fully saturated rings. The van der Waals surface area contributed by atoms with E-state index in [1.54, 1.807) is 6.07 Å². The van der Waals surface area contributed by atoms with Crippen LogP contribution in [0.15, 0.2) is 42.5 Å². The fourth-order valence-corrected chi connectivity index (χ4v) is 3.11. The van der Waals surface area contributed by atoms with E-state index in [0.717, 1.165) is 24.9 Å². The highest BCUT2D eigenvalue weighted by Crippen LogP contribution is 2.29. The van der Waals surface area contributed by atoms with Crippen molar-refractivity contribution in [3.63, 3.8) is 0 Å².